The molecule has 0 N–H and O–H groups in total. The first-order valence-corrected chi connectivity index (χ1v) is 6.85. The highest BCUT2D eigenvalue weighted by Crippen LogP contribution is 2.36. The molecular formula is C14H17NS. The molecule has 1 aromatic carbocycles. The van der Waals surface area contributed by atoms with Gasteiger partial charge < -0.3 is 0 Å². The van der Waals surface area contributed by atoms with Gasteiger partial charge in [0, 0.05) is 15.6 Å². The summed E-state index contributed by atoms with van der Waals surface area (Å²) in [5, 5.41) is 1.40. The van der Waals surface area contributed by atoms with Crippen molar-refractivity contribution in [2.75, 3.05) is 13.6 Å². The predicted octanol–water partition coefficient (Wildman–Crippen LogP) is 4.06. The van der Waals surface area contributed by atoms with Gasteiger partial charge in [0.2, 0.25) is 0 Å². The minimum absolute atomic E-state index is 0.658. The fourth-order valence-corrected chi connectivity index (χ4v) is 3.87. The minimum atomic E-state index is 0.658. The standard InChI is InChI=1S/C14H17NS/c1-15-9-5-4-7-12(15)14-10-11-6-2-3-8-13(11)16-14/h2-3,6,8,10,12H,4-5,7,9H2,1H3. The fraction of sp³-hybridized carbons (Fsp3) is 0.429. The quantitative estimate of drug-likeness (QED) is 0.715. The SMILES string of the molecule is CN1CCCCC1c1cc2ccccc2s1. The number of rotatable bonds is 1. The Hall–Kier alpha value is -0.860. The van der Waals surface area contributed by atoms with Crippen LogP contribution in [0, 0.1) is 0 Å². The number of nitrogens with zero attached hydrogens (tertiary/aromatic N) is 1. The Morgan fingerprint density at radius 2 is 2.12 bits per heavy atom. The molecule has 2 aromatic rings. The van der Waals surface area contributed by atoms with Crippen LogP contribution in [0.5, 0.6) is 0 Å². The van der Waals surface area contributed by atoms with Crippen LogP contribution in [0.3, 0.4) is 0 Å². The van der Waals surface area contributed by atoms with Crippen LogP contribution < -0.4 is 0 Å². The van der Waals surface area contributed by atoms with Crippen molar-refractivity contribution >= 4 is 21.4 Å². The van der Waals surface area contributed by atoms with E-state index in [0.717, 1.165) is 0 Å². The Labute approximate surface area is 101 Å². The predicted molar refractivity (Wildman–Crippen MR) is 71.0 cm³/mol. The topological polar surface area (TPSA) is 3.24 Å². The number of thiophene rings is 1. The first kappa shape index (κ1) is 10.3. The molecule has 0 saturated carbocycles. The van der Waals surface area contributed by atoms with Gasteiger partial charge in [0.05, 0.1) is 0 Å². The average Bonchev–Trinajstić information content (AvgIpc) is 2.73. The molecule has 16 heavy (non-hydrogen) atoms. The molecule has 1 nitrogen and oxygen atoms in total. The summed E-state index contributed by atoms with van der Waals surface area (Å²) in [6.45, 7) is 1.25. The zero-order chi connectivity index (χ0) is 11.0. The lowest BCUT2D eigenvalue weighted by Crippen LogP contribution is -2.28. The number of hydrogen-bond donors (Lipinski definition) is 0. The molecule has 0 aliphatic carbocycles. The molecule has 1 atom stereocenters. The molecule has 0 bridgehead atoms. The molecule has 2 heteroatoms. The van der Waals surface area contributed by atoms with Crippen molar-refractivity contribution in [3.05, 3.63) is 35.2 Å². The molecule has 2 heterocycles. The zero-order valence-electron chi connectivity index (χ0n) is 9.65. The van der Waals surface area contributed by atoms with Crippen molar-refractivity contribution in [2.24, 2.45) is 0 Å². The Balaban J connectivity index is 1.98. The van der Waals surface area contributed by atoms with Gasteiger partial charge in [-0.25, -0.2) is 0 Å². The average molecular weight is 231 g/mol. The van der Waals surface area contributed by atoms with Crippen molar-refractivity contribution in [1.29, 1.82) is 0 Å². The summed E-state index contributed by atoms with van der Waals surface area (Å²) in [6, 6.07) is 11.7. The van der Waals surface area contributed by atoms with Gasteiger partial charge in [-0.05, 0) is 44.0 Å². The van der Waals surface area contributed by atoms with Crippen LogP contribution in [0.15, 0.2) is 30.3 Å². The Morgan fingerprint density at radius 1 is 1.25 bits per heavy atom. The number of benzene rings is 1. The Morgan fingerprint density at radius 3 is 2.94 bits per heavy atom. The number of fused-ring (bicyclic) bond motifs is 1. The van der Waals surface area contributed by atoms with Gasteiger partial charge in [-0.3, -0.25) is 4.90 Å². The lowest BCUT2D eigenvalue weighted by atomic mass is 10.0. The maximum Gasteiger partial charge on any atom is 0.0438 e. The molecule has 1 aliphatic rings. The van der Waals surface area contributed by atoms with Crippen molar-refractivity contribution in [3.63, 3.8) is 0 Å². The van der Waals surface area contributed by atoms with E-state index in [1.807, 2.05) is 11.3 Å². The maximum absolute atomic E-state index is 2.51. The molecule has 84 valence electrons. The molecule has 1 aromatic heterocycles. The van der Waals surface area contributed by atoms with Crippen molar-refractivity contribution in [1.82, 2.24) is 4.90 Å². The molecule has 1 aliphatic heterocycles. The van der Waals surface area contributed by atoms with Gasteiger partial charge in [-0.2, -0.15) is 0 Å². The molecule has 1 saturated heterocycles. The van der Waals surface area contributed by atoms with Crippen molar-refractivity contribution in [3.8, 4) is 0 Å². The summed E-state index contributed by atoms with van der Waals surface area (Å²) in [5.74, 6) is 0. The minimum Gasteiger partial charge on any atom is -0.299 e. The number of piperidine rings is 1. The lowest BCUT2D eigenvalue weighted by molar-refractivity contribution is 0.190. The van der Waals surface area contributed by atoms with Crippen LogP contribution >= 0.6 is 11.3 Å². The van der Waals surface area contributed by atoms with Gasteiger partial charge in [0.1, 0.15) is 0 Å². The summed E-state index contributed by atoms with van der Waals surface area (Å²) in [6.07, 6.45) is 4.06. The second-order valence-corrected chi connectivity index (χ2v) is 5.79. The summed E-state index contributed by atoms with van der Waals surface area (Å²) >= 11 is 1.97. The number of hydrogen-bond acceptors (Lipinski definition) is 2. The first-order valence-electron chi connectivity index (χ1n) is 6.03. The van der Waals surface area contributed by atoms with E-state index < -0.39 is 0 Å². The van der Waals surface area contributed by atoms with E-state index in [-0.39, 0.29) is 0 Å². The van der Waals surface area contributed by atoms with Crippen LogP contribution in [-0.4, -0.2) is 18.5 Å². The van der Waals surface area contributed by atoms with Crippen molar-refractivity contribution in [2.45, 2.75) is 25.3 Å². The molecule has 3 rings (SSSR count). The van der Waals surface area contributed by atoms with E-state index in [0.29, 0.717) is 6.04 Å². The second-order valence-electron chi connectivity index (χ2n) is 4.68. The molecule has 0 spiro atoms. The van der Waals surface area contributed by atoms with E-state index in [2.05, 4.69) is 42.3 Å². The largest absolute Gasteiger partial charge is 0.299 e. The summed E-state index contributed by atoms with van der Waals surface area (Å²) in [4.78, 5) is 4.05. The first-order chi connectivity index (χ1) is 7.84. The fourth-order valence-electron chi connectivity index (χ4n) is 2.60. The maximum atomic E-state index is 2.51. The Bertz CT molecular complexity index is 455. The monoisotopic (exact) mass is 231 g/mol. The van der Waals surface area contributed by atoms with Gasteiger partial charge in [-0.1, -0.05) is 24.6 Å². The zero-order valence-corrected chi connectivity index (χ0v) is 10.5. The van der Waals surface area contributed by atoms with Crippen LogP contribution in [0.4, 0.5) is 0 Å². The summed E-state index contributed by atoms with van der Waals surface area (Å²) in [5.41, 5.74) is 0. The normalized spacial score (nSPS) is 22.7. The van der Waals surface area contributed by atoms with Gasteiger partial charge in [-0.15, -0.1) is 11.3 Å². The van der Waals surface area contributed by atoms with E-state index in [1.165, 1.54) is 35.9 Å². The molecule has 0 amide bonds. The highest BCUT2D eigenvalue weighted by molar-refractivity contribution is 7.19. The second kappa shape index (κ2) is 4.19. The van der Waals surface area contributed by atoms with Crippen molar-refractivity contribution < 1.29 is 0 Å². The van der Waals surface area contributed by atoms with Gasteiger partial charge in [0.15, 0.2) is 0 Å². The lowest BCUT2D eigenvalue weighted by Gasteiger charge is -2.31. The molecule has 0 radical (unpaired) electrons. The third-order valence-electron chi connectivity index (χ3n) is 3.54. The highest BCUT2D eigenvalue weighted by Gasteiger charge is 2.22. The highest BCUT2D eigenvalue weighted by atomic mass is 32.1. The van der Waals surface area contributed by atoms with E-state index in [4.69, 9.17) is 0 Å². The van der Waals surface area contributed by atoms with E-state index in [1.54, 1.807) is 4.88 Å². The molecule has 1 unspecified atom stereocenters. The van der Waals surface area contributed by atoms with Crippen LogP contribution in [-0.2, 0) is 0 Å². The smallest absolute Gasteiger partial charge is 0.0438 e. The summed E-state index contributed by atoms with van der Waals surface area (Å²) < 4.78 is 1.43. The third-order valence-corrected chi connectivity index (χ3v) is 4.76. The van der Waals surface area contributed by atoms with Gasteiger partial charge >= 0.3 is 0 Å². The van der Waals surface area contributed by atoms with E-state index in [9.17, 15) is 0 Å². The third kappa shape index (κ3) is 1.76. The van der Waals surface area contributed by atoms with Crippen LogP contribution in [0.2, 0.25) is 0 Å². The molecular weight excluding hydrogens is 214 g/mol. The van der Waals surface area contributed by atoms with Gasteiger partial charge in [0.25, 0.3) is 0 Å². The summed E-state index contributed by atoms with van der Waals surface area (Å²) in [7, 11) is 2.26. The van der Waals surface area contributed by atoms with Crippen LogP contribution in [0.25, 0.3) is 10.1 Å². The number of likely N-dealkylation sites (tertiary alicyclic amines) is 1. The Kier molecular flexibility index (Phi) is 2.70. The molecule has 1 fully saturated rings. The van der Waals surface area contributed by atoms with E-state index >= 15 is 0 Å². The van der Waals surface area contributed by atoms with Crippen LogP contribution in [0.1, 0.15) is 30.2 Å².